The maximum absolute atomic E-state index is 8.32. The quantitative estimate of drug-likeness (QED) is 0.388. The van der Waals surface area contributed by atoms with E-state index in [2.05, 4.69) is 11.8 Å². The molecule has 0 heterocycles. The molecule has 0 amide bonds. The molecule has 0 radical (unpaired) electrons. The summed E-state index contributed by atoms with van der Waals surface area (Å²) in [5, 5.41) is 0. The zero-order valence-corrected chi connectivity index (χ0v) is 4.08. The van der Waals surface area contributed by atoms with E-state index < -0.39 is 0 Å². The van der Waals surface area contributed by atoms with Crippen LogP contribution < -0.4 is 0 Å². The topological polar surface area (TPSA) is 29.4 Å². The van der Waals surface area contributed by atoms with Crippen molar-refractivity contribution < 1.29 is 19.5 Å². The molecule has 0 fully saturated rings. The zero-order chi connectivity index (χ0) is 2.71. The van der Waals surface area contributed by atoms with Crippen molar-refractivity contribution in [2.45, 2.75) is 0 Å². The molecule has 0 aromatic heterocycles. The Kier molecular flexibility index (Phi) is 21.4. The van der Waals surface area contributed by atoms with E-state index in [1.807, 2.05) is 0 Å². The average molecular weight is 167 g/mol. The van der Waals surface area contributed by atoms with Gasteiger partial charge in [0.1, 0.15) is 0 Å². The molecule has 0 aromatic carbocycles. The first-order valence-corrected chi connectivity index (χ1v) is 0.690. The summed E-state index contributed by atoms with van der Waals surface area (Å²) in [7, 11) is 0. The van der Waals surface area contributed by atoms with Crippen molar-refractivity contribution in [3.63, 3.8) is 0 Å². The van der Waals surface area contributed by atoms with Crippen LogP contribution in [0.1, 0.15) is 0 Å². The first kappa shape index (κ1) is 8.82. The van der Waals surface area contributed by atoms with Gasteiger partial charge in [-0.25, -0.2) is 0 Å². The van der Waals surface area contributed by atoms with Crippen molar-refractivity contribution in [1.29, 1.82) is 0 Å². The molecule has 0 atom stereocenters. The van der Waals surface area contributed by atoms with Crippen LogP contribution in [0.5, 0.6) is 0 Å². The van der Waals surface area contributed by atoms with Gasteiger partial charge in [0, 0.05) is 4.70 Å². The molecule has 0 N–H and O–H groups in total. The van der Waals surface area contributed by atoms with Gasteiger partial charge in [-0.3, -0.25) is 0 Å². The Balaban J connectivity index is 0. The molecule has 0 aliphatic carbocycles. The summed E-state index contributed by atoms with van der Waals surface area (Å²) >= 11 is 4.07. The third-order valence-corrected chi connectivity index (χ3v) is 0. The van der Waals surface area contributed by atoms with Crippen molar-refractivity contribution in [3.8, 4) is 0 Å². The molecule has 24 valence electrons. The van der Waals surface area contributed by atoms with E-state index in [1.165, 1.54) is 0 Å². The zero-order valence-electron chi connectivity index (χ0n) is 1.59. The van der Waals surface area contributed by atoms with Crippen LogP contribution in [0.15, 0.2) is 4.70 Å². The fourth-order valence-corrected chi connectivity index (χ4v) is 0. The van der Waals surface area contributed by atoms with Crippen LogP contribution in [0.2, 0.25) is 0 Å². The fourth-order valence-electron chi connectivity index (χ4n) is 0. The van der Waals surface area contributed by atoms with Gasteiger partial charge in [0.15, 0.2) is 0 Å². The Labute approximate surface area is 41.4 Å². The summed E-state index contributed by atoms with van der Waals surface area (Å²) in [6.07, 6.45) is 0. The van der Waals surface area contributed by atoms with E-state index in [-0.39, 0.29) is 19.5 Å². The minimum absolute atomic E-state index is 0. The van der Waals surface area contributed by atoms with Gasteiger partial charge in [-0.1, -0.05) is 0 Å². The van der Waals surface area contributed by atoms with Gasteiger partial charge in [0.05, 0.1) is 11.8 Å². The minimum Gasteiger partial charge on any atom is -0.131 e. The average Bonchev–Trinajstić information content (AvgIpc) is 0.918. The molecular weight excluding hydrogens is 167 g/mol. The van der Waals surface area contributed by atoms with E-state index >= 15 is 0 Å². The van der Waals surface area contributed by atoms with Crippen molar-refractivity contribution in [3.05, 3.63) is 4.91 Å². The molecule has 0 aliphatic heterocycles. The second-order valence-electron chi connectivity index (χ2n) is 0.0690. The molecule has 0 saturated carbocycles. The van der Waals surface area contributed by atoms with Crippen molar-refractivity contribution in [2.24, 2.45) is 4.70 Å². The van der Waals surface area contributed by atoms with Crippen LogP contribution in [0.4, 0.5) is 0 Å². The van der Waals surface area contributed by atoms with Crippen LogP contribution in [-0.4, -0.2) is 0 Å². The normalized spacial score (nSPS) is 3.25. The van der Waals surface area contributed by atoms with E-state index in [0.29, 0.717) is 0 Å². The molecule has 0 aromatic rings. The molecule has 0 bridgehead atoms. The molecule has 0 saturated heterocycles. The molecular formula is ClNORu+2. The molecule has 4 heteroatoms. The Bertz CT molecular complexity index is 15.5. The number of rotatable bonds is 0. The minimum atomic E-state index is 0. The van der Waals surface area contributed by atoms with Crippen molar-refractivity contribution in [2.75, 3.05) is 0 Å². The van der Waals surface area contributed by atoms with Crippen molar-refractivity contribution in [1.82, 2.24) is 0 Å². The Morgan fingerprint density at radius 3 is 1.75 bits per heavy atom. The van der Waals surface area contributed by atoms with Gasteiger partial charge in [-0.2, -0.15) is 0 Å². The smallest absolute Gasteiger partial charge is 0.131 e. The third kappa shape index (κ3) is 21.8. The second-order valence-corrected chi connectivity index (χ2v) is 0.207. The SMILES string of the molecule is O=NCl.[Ru+2]. The van der Waals surface area contributed by atoms with Gasteiger partial charge in [-0.05, 0) is 0 Å². The number of hydrogen-bond donors (Lipinski definition) is 0. The number of hydrogen-bond acceptors (Lipinski definition) is 2. The van der Waals surface area contributed by atoms with E-state index in [1.54, 1.807) is 4.70 Å². The number of halogens is 1. The number of nitrogens with zero attached hydrogens (tertiary/aromatic N) is 1. The Hall–Kier alpha value is 0.513. The molecule has 0 rings (SSSR count). The van der Waals surface area contributed by atoms with Crippen LogP contribution in [0.3, 0.4) is 0 Å². The largest absolute Gasteiger partial charge is 2.00 e. The molecule has 4 heavy (non-hydrogen) atoms. The Morgan fingerprint density at radius 2 is 1.75 bits per heavy atom. The molecule has 0 unspecified atom stereocenters. The first-order chi connectivity index (χ1) is 1.41. The maximum atomic E-state index is 8.32. The van der Waals surface area contributed by atoms with Gasteiger partial charge in [-0.15, -0.1) is 4.91 Å². The molecule has 0 aliphatic rings. The number of nitroso groups, excluding NO2 is 1. The maximum Gasteiger partial charge on any atom is 2.00 e. The summed E-state index contributed by atoms with van der Waals surface area (Å²) in [4.78, 5) is 8.32. The van der Waals surface area contributed by atoms with Crippen LogP contribution >= 0.6 is 11.8 Å². The summed E-state index contributed by atoms with van der Waals surface area (Å²) in [6.45, 7) is 0. The third-order valence-electron chi connectivity index (χ3n) is 0. The van der Waals surface area contributed by atoms with Crippen LogP contribution in [-0.2, 0) is 19.5 Å². The van der Waals surface area contributed by atoms with Crippen molar-refractivity contribution >= 4 is 11.8 Å². The van der Waals surface area contributed by atoms with E-state index in [0.717, 1.165) is 0 Å². The van der Waals surface area contributed by atoms with Gasteiger partial charge >= 0.3 is 19.5 Å². The van der Waals surface area contributed by atoms with Gasteiger partial charge in [0.25, 0.3) is 0 Å². The summed E-state index contributed by atoms with van der Waals surface area (Å²) < 4.78 is 1.72. The van der Waals surface area contributed by atoms with Crippen LogP contribution in [0.25, 0.3) is 0 Å². The summed E-state index contributed by atoms with van der Waals surface area (Å²) in [5.74, 6) is 0. The summed E-state index contributed by atoms with van der Waals surface area (Å²) in [5.41, 5.74) is 0. The molecule has 0 spiro atoms. The monoisotopic (exact) mass is 167 g/mol. The predicted molar refractivity (Wildman–Crippen MR) is 11.6 cm³/mol. The van der Waals surface area contributed by atoms with Crippen LogP contribution in [0, 0.1) is 4.91 Å². The van der Waals surface area contributed by atoms with Gasteiger partial charge < -0.3 is 0 Å². The van der Waals surface area contributed by atoms with E-state index in [9.17, 15) is 0 Å². The van der Waals surface area contributed by atoms with Gasteiger partial charge in [0.2, 0.25) is 0 Å². The summed E-state index contributed by atoms with van der Waals surface area (Å²) in [6, 6.07) is 0. The second kappa shape index (κ2) is 9.69. The first-order valence-electron chi connectivity index (χ1n) is 0.352. The Morgan fingerprint density at radius 1 is 1.75 bits per heavy atom. The standard InChI is InChI=1S/ClNO.Ru/c1-2-3;/q;+2. The fraction of sp³-hybridized carbons (Fsp3) is 0. The van der Waals surface area contributed by atoms with E-state index in [4.69, 9.17) is 4.91 Å². The molecule has 2 nitrogen and oxygen atoms in total. The predicted octanol–water partition coefficient (Wildman–Crippen LogP) is 0.904.